The van der Waals surface area contributed by atoms with Crippen LogP contribution in [0.5, 0.6) is 0 Å². The summed E-state index contributed by atoms with van der Waals surface area (Å²) in [6.45, 7) is 18.9. The van der Waals surface area contributed by atoms with Gasteiger partial charge in [0.05, 0.1) is 141 Å². The number of nitrogens with zero attached hydrogens (tertiary/aromatic N) is 4. The summed E-state index contributed by atoms with van der Waals surface area (Å²) in [5, 5.41) is 16.8. The van der Waals surface area contributed by atoms with E-state index < -0.39 is 59.8 Å². The molecule has 1 aromatic rings. The second-order valence-electron chi connectivity index (χ2n) is 21.0. The SMILES string of the molecule is CCC(C)C(C(CC(=O)N1CCC[C@H]1C(OC)C(C)C(=O)NC(C)C(O)c1ccccc1)OC)N(C)C(=O)C(NC(=O)C(C)(C)N(C)C(=O)CCOCCOCCOCCOCCOCCOCCN1C(=O)C=CC1=O)C(C)C. The molecule has 0 aliphatic carbocycles. The Morgan fingerprint density at radius 3 is 1.76 bits per heavy atom. The molecule has 0 spiro atoms. The smallest absolute Gasteiger partial charge is 0.253 e. The summed E-state index contributed by atoms with van der Waals surface area (Å²) >= 11 is 0. The third-order valence-corrected chi connectivity index (χ3v) is 14.9. The molecule has 448 valence electrons. The van der Waals surface area contributed by atoms with Crippen LogP contribution in [0.15, 0.2) is 42.5 Å². The van der Waals surface area contributed by atoms with Crippen molar-refractivity contribution in [1.29, 1.82) is 0 Å². The molecule has 2 heterocycles. The number of amides is 7. The summed E-state index contributed by atoms with van der Waals surface area (Å²) in [5.74, 6) is -3.49. The Kier molecular flexibility index (Phi) is 30.9. The molecule has 0 saturated carbocycles. The Bertz CT molecular complexity index is 2040. The fraction of sp³-hybridized carbons (Fsp3) is 0.737. The van der Waals surface area contributed by atoms with E-state index in [1.807, 2.05) is 45.9 Å². The molecule has 2 aliphatic rings. The third kappa shape index (κ3) is 21.5. The molecule has 2 aliphatic heterocycles. The summed E-state index contributed by atoms with van der Waals surface area (Å²) in [5.41, 5.74) is -0.657. The first kappa shape index (κ1) is 68.4. The summed E-state index contributed by atoms with van der Waals surface area (Å²) in [4.78, 5) is 98.8. The number of rotatable bonds is 40. The van der Waals surface area contributed by atoms with Gasteiger partial charge in [0.15, 0.2) is 0 Å². The van der Waals surface area contributed by atoms with E-state index in [0.717, 1.165) is 4.90 Å². The first-order valence-corrected chi connectivity index (χ1v) is 27.9. The Morgan fingerprint density at radius 1 is 0.747 bits per heavy atom. The number of aliphatic hydroxyl groups excluding tert-OH is 1. The van der Waals surface area contributed by atoms with Crippen LogP contribution in [0.4, 0.5) is 0 Å². The van der Waals surface area contributed by atoms with Gasteiger partial charge >= 0.3 is 0 Å². The minimum Gasteiger partial charge on any atom is -0.386 e. The van der Waals surface area contributed by atoms with Gasteiger partial charge in [-0.05, 0) is 51.0 Å². The normalized spacial score (nSPS) is 17.8. The van der Waals surface area contributed by atoms with E-state index in [4.69, 9.17) is 37.9 Å². The number of likely N-dealkylation sites (tertiary alicyclic amines) is 1. The molecule has 8 unspecified atom stereocenters. The highest BCUT2D eigenvalue weighted by Crippen LogP contribution is 2.30. The van der Waals surface area contributed by atoms with E-state index in [2.05, 4.69) is 10.6 Å². The molecule has 1 aromatic carbocycles. The van der Waals surface area contributed by atoms with Crippen LogP contribution in [0.2, 0.25) is 0 Å². The number of likely N-dealkylation sites (N-methyl/N-ethyl adjacent to an activating group) is 2. The summed E-state index contributed by atoms with van der Waals surface area (Å²) < 4.78 is 45.1. The largest absolute Gasteiger partial charge is 0.386 e. The number of ether oxygens (including phenoxy) is 8. The zero-order valence-corrected chi connectivity index (χ0v) is 49.1. The Balaban J connectivity index is 1.41. The average Bonchev–Trinajstić information content (AvgIpc) is 4.06. The van der Waals surface area contributed by atoms with Crippen LogP contribution in [-0.2, 0) is 71.5 Å². The number of methoxy groups -OCH3 is 2. The lowest BCUT2D eigenvalue weighted by Crippen LogP contribution is -2.62. The Hall–Kier alpha value is -4.91. The maximum Gasteiger partial charge on any atom is 0.253 e. The van der Waals surface area contributed by atoms with Gasteiger partial charge in [-0.25, -0.2) is 0 Å². The first-order valence-electron chi connectivity index (χ1n) is 27.9. The molecule has 1 fully saturated rings. The van der Waals surface area contributed by atoms with Crippen LogP contribution in [-0.4, -0.2) is 229 Å². The van der Waals surface area contributed by atoms with E-state index in [9.17, 15) is 38.7 Å². The number of aliphatic hydroxyl groups is 1. The molecule has 0 bridgehead atoms. The highest BCUT2D eigenvalue weighted by atomic mass is 16.6. The molecular weight excluding hydrogens is 1020 g/mol. The lowest BCUT2D eigenvalue weighted by atomic mass is 9.89. The Morgan fingerprint density at radius 2 is 1.27 bits per heavy atom. The molecule has 79 heavy (non-hydrogen) atoms. The first-order chi connectivity index (χ1) is 37.6. The van der Waals surface area contributed by atoms with Gasteiger partial charge in [-0.2, -0.15) is 0 Å². The zero-order valence-electron chi connectivity index (χ0n) is 49.1. The third-order valence-electron chi connectivity index (χ3n) is 14.9. The van der Waals surface area contributed by atoms with Crippen LogP contribution in [0.25, 0.3) is 0 Å². The van der Waals surface area contributed by atoms with Crippen molar-refractivity contribution in [3.63, 3.8) is 0 Å². The highest BCUT2D eigenvalue weighted by molar-refractivity contribution is 6.12. The second kappa shape index (κ2) is 35.7. The van der Waals surface area contributed by atoms with Crippen LogP contribution in [0, 0.1) is 17.8 Å². The maximum atomic E-state index is 14.6. The van der Waals surface area contributed by atoms with Gasteiger partial charge in [0, 0.05) is 47.0 Å². The predicted molar refractivity (Wildman–Crippen MR) is 294 cm³/mol. The number of carbonyl (C=O) groups excluding carboxylic acids is 7. The fourth-order valence-corrected chi connectivity index (χ4v) is 9.53. The fourth-order valence-electron chi connectivity index (χ4n) is 9.53. The van der Waals surface area contributed by atoms with Crippen LogP contribution in [0.1, 0.15) is 99.2 Å². The monoisotopic (exact) mass is 1120 g/mol. The molecule has 7 amide bonds. The molecule has 22 heteroatoms. The zero-order chi connectivity index (χ0) is 58.7. The van der Waals surface area contributed by atoms with Crippen molar-refractivity contribution in [3.8, 4) is 0 Å². The lowest BCUT2D eigenvalue weighted by Gasteiger charge is -2.41. The van der Waals surface area contributed by atoms with Gasteiger partial charge in [0.2, 0.25) is 29.5 Å². The number of carbonyl (C=O) groups is 7. The molecule has 3 rings (SSSR count). The maximum absolute atomic E-state index is 14.6. The summed E-state index contributed by atoms with van der Waals surface area (Å²) in [6, 6.07) is 6.60. The standard InChI is InChI=1S/C57H94N6O16/c1-13-40(4)51(45(72-11)38-49(67)62-24-17-20-44(62)53(73-12)41(5)54(69)58-42(6)52(68)43-18-15-14-16-19-43)60(9)55(70)50(39(2)3)59-56(71)57(7,8)61(10)46(64)23-26-74-28-30-76-32-34-78-36-37-79-35-33-77-31-29-75-27-25-63-47(65)21-22-48(63)66/h14-16,18-19,21-22,39-42,44-45,50-53,68H,13,17,20,23-38H2,1-12H3,(H,58,69)(H,59,71)/t40?,41?,42?,44-,45?,50?,51?,52?,53?/m0/s1. The van der Waals surface area contributed by atoms with E-state index in [-0.39, 0.29) is 86.5 Å². The average molecular weight is 1120 g/mol. The van der Waals surface area contributed by atoms with E-state index in [0.29, 0.717) is 90.8 Å². The van der Waals surface area contributed by atoms with Gasteiger partial charge in [-0.15, -0.1) is 0 Å². The molecule has 3 N–H and O–H groups in total. The van der Waals surface area contributed by atoms with Crippen molar-refractivity contribution in [2.45, 2.75) is 136 Å². The molecule has 9 atom stereocenters. The Labute approximate surface area is 468 Å². The van der Waals surface area contributed by atoms with Crippen LogP contribution >= 0.6 is 0 Å². The van der Waals surface area contributed by atoms with Crippen molar-refractivity contribution in [2.75, 3.05) is 121 Å². The minimum absolute atomic E-state index is 0.0135. The van der Waals surface area contributed by atoms with E-state index >= 15 is 0 Å². The number of hydrogen-bond donors (Lipinski definition) is 3. The topological polar surface area (TPSA) is 251 Å². The van der Waals surface area contributed by atoms with Gasteiger partial charge in [-0.3, -0.25) is 38.5 Å². The summed E-state index contributed by atoms with van der Waals surface area (Å²) in [7, 11) is 6.26. The van der Waals surface area contributed by atoms with Crippen LogP contribution in [0.3, 0.4) is 0 Å². The van der Waals surface area contributed by atoms with Crippen molar-refractivity contribution in [2.24, 2.45) is 17.8 Å². The minimum atomic E-state index is -1.34. The van der Waals surface area contributed by atoms with Gasteiger partial charge < -0.3 is 68.3 Å². The van der Waals surface area contributed by atoms with Crippen molar-refractivity contribution < 1.29 is 76.6 Å². The van der Waals surface area contributed by atoms with Crippen LogP contribution < -0.4 is 10.6 Å². The second-order valence-corrected chi connectivity index (χ2v) is 21.0. The van der Waals surface area contributed by atoms with Crippen molar-refractivity contribution in [1.82, 2.24) is 30.2 Å². The van der Waals surface area contributed by atoms with E-state index in [1.165, 1.54) is 31.3 Å². The van der Waals surface area contributed by atoms with Gasteiger partial charge in [0.25, 0.3) is 11.8 Å². The highest BCUT2D eigenvalue weighted by Gasteiger charge is 2.44. The van der Waals surface area contributed by atoms with Gasteiger partial charge in [-0.1, -0.05) is 71.4 Å². The van der Waals surface area contributed by atoms with E-state index in [1.54, 1.807) is 63.7 Å². The van der Waals surface area contributed by atoms with Crippen molar-refractivity contribution in [3.05, 3.63) is 48.0 Å². The lowest BCUT2D eigenvalue weighted by molar-refractivity contribution is -0.150. The molecule has 0 radical (unpaired) electrons. The van der Waals surface area contributed by atoms with Crippen molar-refractivity contribution >= 4 is 41.4 Å². The predicted octanol–water partition coefficient (Wildman–Crippen LogP) is 2.94. The number of hydrogen-bond acceptors (Lipinski definition) is 16. The molecule has 22 nitrogen and oxygen atoms in total. The molecule has 1 saturated heterocycles. The van der Waals surface area contributed by atoms with Gasteiger partial charge in [0.1, 0.15) is 11.6 Å². The number of nitrogens with one attached hydrogen (secondary N) is 2. The molecule has 0 aromatic heterocycles. The quantitative estimate of drug-likeness (QED) is 0.0631. The number of imide groups is 1. The molecular formula is C57H94N6O16. The number of benzene rings is 1. The summed E-state index contributed by atoms with van der Waals surface area (Å²) in [6.07, 6.45) is 2.18.